The third-order valence-corrected chi connectivity index (χ3v) is 15.9. The van der Waals surface area contributed by atoms with Crippen molar-refractivity contribution in [3.8, 4) is 11.1 Å². The molecule has 2 aromatic heterocycles. The number of halogens is 5. The van der Waals surface area contributed by atoms with Gasteiger partial charge in [-0.05, 0) is 117 Å². The first-order chi connectivity index (χ1) is 33.0. The predicted molar refractivity (Wildman–Crippen MR) is 246 cm³/mol. The fourth-order valence-electron chi connectivity index (χ4n) is 10.7. The summed E-state index contributed by atoms with van der Waals surface area (Å²) >= 11 is 0. The first kappa shape index (κ1) is 46.5. The van der Waals surface area contributed by atoms with Crippen LogP contribution in [0.1, 0.15) is 93.8 Å². The number of carbonyl (C=O) groups is 4. The summed E-state index contributed by atoms with van der Waals surface area (Å²) in [6, 6.07) is 16.0. The molecule has 14 nitrogen and oxygen atoms in total. The van der Waals surface area contributed by atoms with Gasteiger partial charge in [0, 0.05) is 85.8 Å². The molecule has 69 heavy (non-hydrogen) atoms. The number of hydrogen-bond acceptors (Lipinski definition) is 9. The number of alkyl halides is 4. The number of likely N-dealkylation sites (tertiary alicyclic amines) is 1. The highest BCUT2D eigenvalue weighted by Gasteiger charge is 2.43. The van der Waals surface area contributed by atoms with Gasteiger partial charge in [-0.1, -0.05) is 24.3 Å². The van der Waals surface area contributed by atoms with E-state index < -0.39 is 69.5 Å². The summed E-state index contributed by atoms with van der Waals surface area (Å²) in [4.78, 5) is 64.9. The fourth-order valence-corrected chi connectivity index (χ4v) is 12.0. The molecule has 0 spiro atoms. The smallest absolute Gasteiger partial charge is 0.372 e. The molecule has 5 aliphatic heterocycles. The van der Waals surface area contributed by atoms with Gasteiger partial charge in [0.05, 0.1) is 16.8 Å². The third kappa shape index (κ3) is 9.21. The minimum Gasteiger partial charge on any atom is -0.372 e. The summed E-state index contributed by atoms with van der Waals surface area (Å²) in [6.45, 7) is 4.29. The number of nitrogens with zero attached hydrogens (tertiary/aromatic N) is 5. The van der Waals surface area contributed by atoms with E-state index in [0.29, 0.717) is 52.4 Å². The molecule has 0 saturated carbocycles. The number of benzene rings is 3. The van der Waals surface area contributed by atoms with Gasteiger partial charge < -0.3 is 19.7 Å². The van der Waals surface area contributed by atoms with Crippen LogP contribution in [0.4, 0.5) is 33.3 Å². The Hall–Kier alpha value is -6.25. The van der Waals surface area contributed by atoms with E-state index in [0.717, 1.165) is 81.4 Å². The molecule has 5 aromatic rings. The van der Waals surface area contributed by atoms with Gasteiger partial charge in [-0.3, -0.25) is 29.2 Å². The maximum Gasteiger partial charge on any atom is 0.419 e. The van der Waals surface area contributed by atoms with Crippen molar-refractivity contribution in [2.75, 3.05) is 55.4 Å². The van der Waals surface area contributed by atoms with Crippen molar-refractivity contribution >= 4 is 56.1 Å². The van der Waals surface area contributed by atoms with Gasteiger partial charge >= 0.3 is 16.4 Å². The number of imide groups is 1. The Morgan fingerprint density at radius 2 is 1.62 bits per heavy atom. The molecular formula is C49H49F5N8O6S. The average molecular weight is 973 g/mol. The molecule has 20 heteroatoms. The van der Waals surface area contributed by atoms with Gasteiger partial charge in [0.25, 0.3) is 5.91 Å². The number of piperidine rings is 3. The van der Waals surface area contributed by atoms with Crippen LogP contribution in [0.2, 0.25) is 0 Å². The monoisotopic (exact) mass is 972 g/mol. The Morgan fingerprint density at radius 3 is 2.32 bits per heavy atom. The van der Waals surface area contributed by atoms with Crippen LogP contribution in [0.3, 0.4) is 0 Å². The second-order valence-electron chi connectivity index (χ2n) is 18.7. The van der Waals surface area contributed by atoms with Crippen LogP contribution in [-0.2, 0) is 32.5 Å². The van der Waals surface area contributed by atoms with Gasteiger partial charge in [0.1, 0.15) is 23.7 Å². The van der Waals surface area contributed by atoms with Crippen molar-refractivity contribution < 1.29 is 49.5 Å². The van der Waals surface area contributed by atoms with Crippen LogP contribution in [0.15, 0.2) is 73.1 Å². The Labute approximate surface area is 394 Å². The molecule has 4 saturated heterocycles. The zero-order valence-electron chi connectivity index (χ0n) is 37.3. The lowest BCUT2D eigenvalue weighted by molar-refractivity contribution is -0.138. The lowest BCUT2D eigenvalue weighted by Crippen LogP contribution is -2.52. The van der Waals surface area contributed by atoms with E-state index in [-0.39, 0.29) is 47.8 Å². The second-order valence-corrected chi connectivity index (χ2v) is 20.4. The van der Waals surface area contributed by atoms with Crippen LogP contribution in [-0.4, -0.2) is 114 Å². The zero-order chi connectivity index (χ0) is 48.4. The molecule has 3 aromatic carbocycles. The number of amides is 3. The number of ketones is 1. The predicted octanol–water partition coefficient (Wildman–Crippen LogP) is 7.18. The zero-order valence-corrected chi connectivity index (χ0v) is 38.1. The van der Waals surface area contributed by atoms with E-state index in [1.807, 2.05) is 36.4 Å². The maximum absolute atomic E-state index is 15.4. The van der Waals surface area contributed by atoms with Crippen LogP contribution < -0.4 is 14.9 Å². The number of fused-ring (bicyclic) bond motifs is 2. The summed E-state index contributed by atoms with van der Waals surface area (Å²) in [6.07, 6.45) is 0.349. The normalized spacial score (nSPS) is 21.3. The summed E-state index contributed by atoms with van der Waals surface area (Å²) < 4.78 is 102. The summed E-state index contributed by atoms with van der Waals surface area (Å²) in [5.74, 6) is -2.79. The van der Waals surface area contributed by atoms with E-state index >= 15 is 4.39 Å². The van der Waals surface area contributed by atoms with E-state index in [1.54, 1.807) is 21.9 Å². The first-order valence-corrected chi connectivity index (χ1v) is 24.6. The number of H-pyrrole nitrogens is 1. The number of aromatic nitrogens is 2. The van der Waals surface area contributed by atoms with Crippen LogP contribution in [0.25, 0.3) is 22.2 Å². The molecule has 0 bridgehead atoms. The van der Waals surface area contributed by atoms with E-state index in [1.165, 1.54) is 5.56 Å². The van der Waals surface area contributed by atoms with Gasteiger partial charge in [-0.15, -0.1) is 0 Å². The number of nitrogens with one attached hydrogen (secondary N) is 3. The molecule has 0 unspecified atom stereocenters. The number of aromatic amines is 1. The molecule has 362 valence electrons. The van der Waals surface area contributed by atoms with Crippen molar-refractivity contribution in [1.29, 1.82) is 0 Å². The standard InChI is InChI=1S/C49H49F5N8O6S/c50-34-15-20-61(27-34)69(67,68)58-40-8-7-39(51)43(44(40)49(52,53)54)45(64)38-24-56-46-37(38)22-32(23-55-46)29-1-4-35(5-2-29)60-18-11-28(12-19-60)25-59-16-13-30(14-17-59)31-3-6-36-33(21-31)26-62(48(36)66)41-9-10-42(63)57-47(41)65/h1-8,21-24,28,30,34,41,58H,9-20,25-27H2,(H,55,56)(H,57,63,65)/t34-,41+/m1/s1. The van der Waals surface area contributed by atoms with Crippen LogP contribution in [0, 0.1) is 11.7 Å². The maximum atomic E-state index is 15.4. The molecule has 2 atom stereocenters. The Balaban J connectivity index is 0.751. The van der Waals surface area contributed by atoms with Crippen molar-refractivity contribution in [1.82, 2.24) is 29.4 Å². The van der Waals surface area contributed by atoms with Crippen molar-refractivity contribution in [3.05, 3.63) is 112 Å². The molecular weight excluding hydrogens is 924 g/mol. The van der Waals surface area contributed by atoms with E-state index in [4.69, 9.17) is 0 Å². The molecule has 4 fully saturated rings. The highest BCUT2D eigenvalue weighted by molar-refractivity contribution is 7.90. The molecule has 0 aliphatic carbocycles. The van der Waals surface area contributed by atoms with E-state index in [9.17, 15) is 45.2 Å². The molecule has 0 radical (unpaired) electrons. The summed E-state index contributed by atoms with van der Waals surface area (Å²) in [5.41, 5.74) is 0.726. The quantitative estimate of drug-likeness (QED) is 0.0706. The SMILES string of the molecule is O=C1CC[C@H](N2Cc3cc(C4CCN(CC5CCN(c6ccc(-c7cnc8[nH]cc(C(=O)c9c(F)ccc(NS(=O)(=O)N%10CC[C@@H](F)C%10)c9C(F)(F)F)c8c7)cc6)CC5)CC4)ccc3C2=O)C(=O)N1. The number of anilines is 2. The van der Waals surface area contributed by atoms with Gasteiger partial charge in [0.2, 0.25) is 11.8 Å². The summed E-state index contributed by atoms with van der Waals surface area (Å²) in [5, 5.41) is 2.50. The van der Waals surface area contributed by atoms with Crippen molar-refractivity contribution in [3.63, 3.8) is 0 Å². The topological polar surface area (TPSA) is 168 Å². The lowest BCUT2D eigenvalue weighted by atomic mass is 9.87. The van der Waals surface area contributed by atoms with Crippen LogP contribution in [0.5, 0.6) is 0 Å². The van der Waals surface area contributed by atoms with Crippen LogP contribution >= 0.6 is 0 Å². The van der Waals surface area contributed by atoms with Crippen molar-refractivity contribution in [2.24, 2.45) is 5.92 Å². The van der Waals surface area contributed by atoms with Crippen molar-refractivity contribution in [2.45, 2.75) is 75.8 Å². The molecule has 3 N–H and O–H groups in total. The number of rotatable bonds is 11. The molecule has 7 heterocycles. The number of pyridine rings is 1. The van der Waals surface area contributed by atoms with Gasteiger partial charge in [-0.25, -0.2) is 13.8 Å². The van der Waals surface area contributed by atoms with E-state index in [2.05, 4.69) is 31.2 Å². The Kier molecular flexibility index (Phi) is 12.3. The lowest BCUT2D eigenvalue weighted by Gasteiger charge is -2.38. The third-order valence-electron chi connectivity index (χ3n) is 14.4. The highest BCUT2D eigenvalue weighted by atomic mass is 32.2. The molecule has 3 amide bonds. The minimum atomic E-state index is -5.37. The Bertz CT molecular complexity index is 2970. The largest absolute Gasteiger partial charge is 0.419 e. The van der Waals surface area contributed by atoms with Gasteiger partial charge in [-0.2, -0.15) is 25.9 Å². The number of hydrogen-bond donors (Lipinski definition) is 3. The minimum absolute atomic E-state index is 0.131. The summed E-state index contributed by atoms with van der Waals surface area (Å²) in [7, 11) is -4.67. The average Bonchev–Trinajstić information content (AvgIpc) is 4.06. The highest BCUT2D eigenvalue weighted by Crippen LogP contribution is 2.42. The first-order valence-electron chi connectivity index (χ1n) is 23.2. The number of carbonyl (C=O) groups excluding carboxylic acids is 4. The molecule has 5 aliphatic rings. The Morgan fingerprint density at radius 1 is 0.870 bits per heavy atom. The fraction of sp³-hybridized carbons (Fsp3) is 0.408. The second kappa shape index (κ2) is 18.2. The van der Waals surface area contributed by atoms with Gasteiger partial charge in [0.15, 0.2) is 5.78 Å². The molecule has 10 rings (SSSR count).